The summed E-state index contributed by atoms with van der Waals surface area (Å²) in [6, 6.07) is 3.98. The number of carbonyl (C=O) groups is 1. The summed E-state index contributed by atoms with van der Waals surface area (Å²) in [5, 5.41) is 17.2. The van der Waals surface area contributed by atoms with E-state index in [2.05, 4.69) is 0 Å². The van der Waals surface area contributed by atoms with E-state index >= 15 is 0 Å². The standard InChI is InChI=1S/C10H15N5O2/c11-3-5-15(6-4-12)7-8-1-2-9(17-8)10(16)14-13/h8-9H,1-2,5-7,13H2,(H,14,16). The molecular formula is C10H15N5O2. The Morgan fingerprint density at radius 1 is 1.41 bits per heavy atom. The highest BCUT2D eigenvalue weighted by molar-refractivity contribution is 5.80. The smallest absolute Gasteiger partial charge is 0.263 e. The molecule has 1 heterocycles. The summed E-state index contributed by atoms with van der Waals surface area (Å²) in [6.07, 6.45) is 0.696. The lowest BCUT2D eigenvalue weighted by Crippen LogP contribution is -2.40. The number of nitrogens with one attached hydrogen (secondary N) is 1. The van der Waals surface area contributed by atoms with Crippen molar-refractivity contribution < 1.29 is 9.53 Å². The van der Waals surface area contributed by atoms with Crippen LogP contribution >= 0.6 is 0 Å². The summed E-state index contributed by atoms with van der Waals surface area (Å²) in [6.45, 7) is 0.845. The van der Waals surface area contributed by atoms with E-state index in [0.717, 1.165) is 6.42 Å². The zero-order valence-corrected chi connectivity index (χ0v) is 9.43. The number of carbonyl (C=O) groups excluding carboxylic acids is 1. The van der Waals surface area contributed by atoms with Gasteiger partial charge in [0.25, 0.3) is 5.91 Å². The van der Waals surface area contributed by atoms with Gasteiger partial charge in [0.2, 0.25) is 0 Å². The van der Waals surface area contributed by atoms with Crippen molar-refractivity contribution >= 4 is 5.91 Å². The first kappa shape index (κ1) is 13.4. The van der Waals surface area contributed by atoms with Gasteiger partial charge in [-0.05, 0) is 12.8 Å². The Labute approximate surface area is 99.7 Å². The first-order valence-electron chi connectivity index (χ1n) is 5.33. The van der Waals surface area contributed by atoms with Crippen LogP contribution in [-0.4, -0.2) is 42.6 Å². The molecule has 7 nitrogen and oxygen atoms in total. The van der Waals surface area contributed by atoms with E-state index in [1.165, 1.54) is 0 Å². The third-order valence-electron chi connectivity index (χ3n) is 2.59. The van der Waals surface area contributed by atoms with Crippen molar-refractivity contribution in [3.63, 3.8) is 0 Å². The number of amides is 1. The molecule has 0 aromatic rings. The molecule has 7 heteroatoms. The third kappa shape index (κ3) is 4.00. The lowest BCUT2D eigenvalue weighted by atomic mass is 10.2. The fraction of sp³-hybridized carbons (Fsp3) is 0.700. The summed E-state index contributed by atoms with van der Waals surface area (Å²) in [4.78, 5) is 12.9. The maximum absolute atomic E-state index is 11.2. The maximum atomic E-state index is 11.2. The number of ether oxygens (including phenoxy) is 1. The van der Waals surface area contributed by atoms with Gasteiger partial charge in [-0.1, -0.05) is 0 Å². The Hall–Kier alpha value is -1.67. The van der Waals surface area contributed by atoms with Crippen LogP contribution in [0.5, 0.6) is 0 Å². The largest absolute Gasteiger partial charge is 0.364 e. The molecule has 92 valence electrons. The van der Waals surface area contributed by atoms with Crippen molar-refractivity contribution in [3.05, 3.63) is 0 Å². The van der Waals surface area contributed by atoms with E-state index in [1.807, 2.05) is 17.6 Å². The molecule has 0 aliphatic carbocycles. The SMILES string of the molecule is N#CCN(CC#N)CC1CCC(C(=O)NN)O1. The zero-order chi connectivity index (χ0) is 12.7. The Morgan fingerprint density at radius 3 is 2.59 bits per heavy atom. The van der Waals surface area contributed by atoms with Crippen molar-refractivity contribution in [1.29, 1.82) is 10.5 Å². The Morgan fingerprint density at radius 2 is 2.06 bits per heavy atom. The Kier molecular flexibility index (Phi) is 5.37. The molecule has 2 unspecified atom stereocenters. The van der Waals surface area contributed by atoms with Crippen LogP contribution in [0.15, 0.2) is 0 Å². The fourth-order valence-corrected chi connectivity index (χ4v) is 1.80. The number of nitriles is 2. The minimum atomic E-state index is -0.518. The normalized spacial score (nSPS) is 23.1. The van der Waals surface area contributed by atoms with Crippen LogP contribution in [0.3, 0.4) is 0 Å². The number of hydrogen-bond donors (Lipinski definition) is 2. The van der Waals surface area contributed by atoms with Gasteiger partial charge in [-0.3, -0.25) is 15.1 Å². The molecule has 1 amide bonds. The van der Waals surface area contributed by atoms with E-state index in [1.54, 1.807) is 4.90 Å². The van der Waals surface area contributed by atoms with Crippen LogP contribution in [0.1, 0.15) is 12.8 Å². The lowest BCUT2D eigenvalue weighted by Gasteiger charge is -2.20. The molecule has 3 N–H and O–H groups in total. The number of nitrogens with zero attached hydrogens (tertiary/aromatic N) is 3. The molecule has 1 aliphatic rings. The van der Waals surface area contributed by atoms with E-state index in [4.69, 9.17) is 21.1 Å². The van der Waals surface area contributed by atoms with E-state index in [0.29, 0.717) is 13.0 Å². The minimum Gasteiger partial charge on any atom is -0.364 e. The molecule has 0 spiro atoms. The first-order valence-corrected chi connectivity index (χ1v) is 5.33. The molecule has 0 aromatic carbocycles. The van der Waals surface area contributed by atoms with Gasteiger partial charge in [0.1, 0.15) is 6.10 Å². The molecule has 1 fully saturated rings. The number of hydrogen-bond acceptors (Lipinski definition) is 6. The second kappa shape index (κ2) is 6.81. The highest BCUT2D eigenvalue weighted by Crippen LogP contribution is 2.20. The van der Waals surface area contributed by atoms with Gasteiger partial charge in [0.05, 0.1) is 31.3 Å². The van der Waals surface area contributed by atoms with Crippen molar-refractivity contribution in [3.8, 4) is 12.1 Å². The molecule has 1 saturated heterocycles. The minimum absolute atomic E-state index is 0.126. The molecular weight excluding hydrogens is 222 g/mol. The van der Waals surface area contributed by atoms with Gasteiger partial charge in [-0.2, -0.15) is 10.5 Å². The summed E-state index contributed by atoms with van der Waals surface area (Å²) in [5.74, 6) is 4.68. The van der Waals surface area contributed by atoms with Crippen LogP contribution < -0.4 is 11.3 Å². The van der Waals surface area contributed by atoms with Crippen LogP contribution in [0, 0.1) is 22.7 Å². The van der Waals surface area contributed by atoms with E-state index in [9.17, 15) is 4.79 Å². The molecule has 17 heavy (non-hydrogen) atoms. The number of nitrogens with two attached hydrogens (primary N) is 1. The summed E-state index contributed by atoms with van der Waals surface area (Å²) >= 11 is 0. The van der Waals surface area contributed by atoms with Crippen molar-refractivity contribution in [2.75, 3.05) is 19.6 Å². The summed E-state index contributed by atoms with van der Waals surface area (Å²) in [5.41, 5.74) is 2.05. The monoisotopic (exact) mass is 237 g/mol. The summed E-state index contributed by atoms with van der Waals surface area (Å²) in [7, 11) is 0. The second-order valence-corrected chi connectivity index (χ2v) is 3.82. The van der Waals surface area contributed by atoms with Crippen LogP contribution in [0.2, 0.25) is 0 Å². The fourth-order valence-electron chi connectivity index (χ4n) is 1.80. The van der Waals surface area contributed by atoms with Crippen LogP contribution in [0.4, 0.5) is 0 Å². The Balaban J connectivity index is 2.41. The molecule has 1 rings (SSSR count). The average molecular weight is 237 g/mol. The predicted octanol–water partition coefficient (Wildman–Crippen LogP) is -1.13. The Bertz CT molecular complexity index is 330. The maximum Gasteiger partial charge on any atom is 0.263 e. The molecule has 0 bridgehead atoms. The molecule has 0 radical (unpaired) electrons. The number of rotatable bonds is 5. The van der Waals surface area contributed by atoms with Gasteiger partial charge < -0.3 is 4.74 Å². The van der Waals surface area contributed by atoms with Crippen LogP contribution in [-0.2, 0) is 9.53 Å². The first-order chi connectivity index (χ1) is 8.21. The van der Waals surface area contributed by atoms with Gasteiger partial charge in [0.15, 0.2) is 0 Å². The van der Waals surface area contributed by atoms with E-state index < -0.39 is 6.10 Å². The number of hydrazine groups is 1. The molecule has 0 saturated carbocycles. The summed E-state index contributed by atoms with van der Waals surface area (Å²) < 4.78 is 5.48. The zero-order valence-electron chi connectivity index (χ0n) is 9.43. The predicted molar refractivity (Wildman–Crippen MR) is 57.9 cm³/mol. The third-order valence-corrected chi connectivity index (χ3v) is 2.59. The van der Waals surface area contributed by atoms with E-state index in [-0.39, 0.29) is 25.1 Å². The van der Waals surface area contributed by atoms with Crippen molar-refractivity contribution in [2.24, 2.45) is 5.84 Å². The van der Waals surface area contributed by atoms with Crippen molar-refractivity contribution in [2.45, 2.75) is 25.0 Å². The molecule has 1 aliphatic heterocycles. The quantitative estimate of drug-likeness (QED) is 0.270. The average Bonchev–Trinajstić information content (AvgIpc) is 2.77. The van der Waals surface area contributed by atoms with Gasteiger partial charge in [0, 0.05) is 6.54 Å². The highest BCUT2D eigenvalue weighted by Gasteiger charge is 2.31. The van der Waals surface area contributed by atoms with Gasteiger partial charge >= 0.3 is 0 Å². The molecule has 2 atom stereocenters. The van der Waals surface area contributed by atoms with Gasteiger partial charge in [-0.15, -0.1) is 0 Å². The topological polar surface area (TPSA) is 115 Å². The van der Waals surface area contributed by atoms with Crippen molar-refractivity contribution in [1.82, 2.24) is 10.3 Å². The second-order valence-electron chi connectivity index (χ2n) is 3.82. The van der Waals surface area contributed by atoms with Gasteiger partial charge in [-0.25, -0.2) is 5.84 Å². The lowest BCUT2D eigenvalue weighted by molar-refractivity contribution is -0.132. The van der Waals surface area contributed by atoms with Crippen LogP contribution in [0.25, 0.3) is 0 Å². The highest BCUT2D eigenvalue weighted by atomic mass is 16.5. The molecule has 0 aromatic heterocycles.